The van der Waals surface area contributed by atoms with Gasteiger partial charge in [0.1, 0.15) is 12.2 Å². The van der Waals surface area contributed by atoms with Gasteiger partial charge in [-0.25, -0.2) is 9.59 Å². The molecule has 27 heavy (non-hydrogen) atoms. The monoisotopic (exact) mass is 378 g/mol. The third kappa shape index (κ3) is 3.02. The maximum absolute atomic E-state index is 12.7. The van der Waals surface area contributed by atoms with E-state index in [1.807, 2.05) is 13.8 Å². The van der Waals surface area contributed by atoms with E-state index in [2.05, 4.69) is 6.58 Å². The molecule has 0 spiro atoms. The summed E-state index contributed by atoms with van der Waals surface area (Å²) in [6, 6.07) is 0. The third-order valence-corrected chi connectivity index (χ3v) is 6.50. The average molecular weight is 378 g/mol. The zero-order chi connectivity index (χ0) is 19.7. The molecule has 0 aromatic heterocycles. The molecule has 3 aliphatic heterocycles. The van der Waals surface area contributed by atoms with E-state index in [1.54, 1.807) is 19.9 Å². The molecule has 1 N–H and O–H groups in total. The Morgan fingerprint density at radius 3 is 2.67 bits per heavy atom. The number of rotatable bonds is 2. The van der Waals surface area contributed by atoms with Gasteiger partial charge in [-0.15, -0.1) is 0 Å². The standard InChI is InChI=1S/C20H26O7/c1-9-6-13-16(10(2)17(22)24-13)14(25-18(23)20(5)11(3)26-20)8-19(4)15(27-19)7-12(9)21/h6,11-16,21H,2,7-8H2,1,3-5H3/b9-6-/t11-,12+,13-,14-,15-,16+,19-,20-/m1/s1. The molecule has 0 aromatic carbocycles. The van der Waals surface area contributed by atoms with Gasteiger partial charge >= 0.3 is 11.9 Å². The number of aliphatic hydroxyl groups excluding tert-OH is 1. The number of ether oxygens (including phenoxy) is 4. The fraction of sp³-hybridized carbons (Fsp3) is 0.700. The molecule has 0 aromatic rings. The summed E-state index contributed by atoms with van der Waals surface area (Å²) in [5.74, 6) is -1.49. The van der Waals surface area contributed by atoms with Gasteiger partial charge in [0.15, 0.2) is 5.60 Å². The predicted molar refractivity (Wildman–Crippen MR) is 93.6 cm³/mol. The number of esters is 2. The zero-order valence-corrected chi connectivity index (χ0v) is 16.1. The lowest BCUT2D eigenvalue weighted by Crippen LogP contribution is -2.40. The molecule has 3 saturated heterocycles. The van der Waals surface area contributed by atoms with Gasteiger partial charge in [0, 0.05) is 18.4 Å². The smallest absolute Gasteiger partial charge is 0.341 e. The number of carbonyl (C=O) groups excluding carboxylic acids is 2. The second kappa shape index (κ2) is 5.90. The van der Waals surface area contributed by atoms with Crippen LogP contribution in [-0.4, -0.2) is 58.8 Å². The first-order valence-corrected chi connectivity index (χ1v) is 9.38. The van der Waals surface area contributed by atoms with E-state index < -0.39 is 47.4 Å². The molecule has 148 valence electrons. The maximum Gasteiger partial charge on any atom is 0.341 e. The highest BCUT2D eigenvalue weighted by molar-refractivity contribution is 5.91. The molecule has 0 saturated carbocycles. The second-order valence-corrected chi connectivity index (χ2v) is 8.52. The second-order valence-electron chi connectivity index (χ2n) is 8.52. The lowest BCUT2D eigenvalue weighted by atomic mass is 9.82. The minimum absolute atomic E-state index is 0.133. The molecule has 4 rings (SSSR count). The molecule has 7 nitrogen and oxygen atoms in total. The number of fused-ring (bicyclic) bond motifs is 2. The Labute approximate surface area is 158 Å². The molecule has 3 fully saturated rings. The number of hydrogen-bond donors (Lipinski definition) is 1. The zero-order valence-electron chi connectivity index (χ0n) is 16.1. The fourth-order valence-electron chi connectivity index (χ4n) is 4.15. The largest absolute Gasteiger partial charge is 0.459 e. The summed E-state index contributed by atoms with van der Waals surface area (Å²) in [5.41, 5.74) is -0.518. The Morgan fingerprint density at radius 2 is 2.04 bits per heavy atom. The van der Waals surface area contributed by atoms with Crippen LogP contribution in [0.2, 0.25) is 0 Å². The summed E-state index contributed by atoms with van der Waals surface area (Å²) in [6.45, 7) is 11.1. The minimum Gasteiger partial charge on any atom is -0.459 e. The van der Waals surface area contributed by atoms with E-state index in [9.17, 15) is 14.7 Å². The Bertz CT molecular complexity index is 743. The summed E-state index contributed by atoms with van der Waals surface area (Å²) in [5, 5.41) is 10.4. The van der Waals surface area contributed by atoms with Crippen molar-refractivity contribution in [3.8, 4) is 0 Å². The van der Waals surface area contributed by atoms with Crippen LogP contribution in [0, 0.1) is 5.92 Å². The van der Waals surface area contributed by atoms with Crippen LogP contribution in [0.15, 0.2) is 23.8 Å². The molecule has 0 radical (unpaired) electrons. The molecule has 8 atom stereocenters. The van der Waals surface area contributed by atoms with Crippen LogP contribution < -0.4 is 0 Å². The van der Waals surface area contributed by atoms with Crippen molar-refractivity contribution in [1.82, 2.24) is 0 Å². The number of carbonyl (C=O) groups is 2. The Balaban J connectivity index is 1.67. The summed E-state index contributed by atoms with van der Waals surface area (Å²) in [4.78, 5) is 24.9. The maximum atomic E-state index is 12.7. The van der Waals surface area contributed by atoms with Crippen molar-refractivity contribution in [2.45, 2.75) is 82.3 Å². The highest BCUT2D eigenvalue weighted by Gasteiger charge is 2.61. The van der Waals surface area contributed by atoms with Crippen molar-refractivity contribution < 1.29 is 33.6 Å². The first kappa shape index (κ1) is 18.7. The Morgan fingerprint density at radius 1 is 1.37 bits per heavy atom. The highest BCUT2D eigenvalue weighted by atomic mass is 16.7. The number of hydrogen-bond acceptors (Lipinski definition) is 7. The van der Waals surface area contributed by atoms with Crippen LogP contribution in [0.4, 0.5) is 0 Å². The van der Waals surface area contributed by atoms with E-state index >= 15 is 0 Å². The van der Waals surface area contributed by atoms with Crippen molar-refractivity contribution in [1.29, 1.82) is 0 Å². The molecule has 3 heterocycles. The van der Waals surface area contributed by atoms with Gasteiger partial charge in [0.05, 0.1) is 29.8 Å². The molecule has 0 unspecified atom stereocenters. The van der Waals surface area contributed by atoms with Crippen molar-refractivity contribution in [3.63, 3.8) is 0 Å². The van der Waals surface area contributed by atoms with Crippen LogP contribution >= 0.6 is 0 Å². The van der Waals surface area contributed by atoms with Crippen molar-refractivity contribution in [2.24, 2.45) is 5.92 Å². The van der Waals surface area contributed by atoms with E-state index in [-0.39, 0.29) is 17.8 Å². The van der Waals surface area contributed by atoms with Gasteiger partial charge < -0.3 is 24.1 Å². The average Bonchev–Trinajstić information content (AvgIpc) is 3.37. The van der Waals surface area contributed by atoms with Crippen LogP contribution in [0.5, 0.6) is 0 Å². The molecule has 1 aliphatic carbocycles. The van der Waals surface area contributed by atoms with Gasteiger partial charge in [-0.3, -0.25) is 0 Å². The normalized spacial score (nSPS) is 50.6. The van der Waals surface area contributed by atoms with Crippen molar-refractivity contribution in [2.75, 3.05) is 0 Å². The first-order chi connectivity index (χ1) is 12.5. The summed E-state index contributed by atoms with van der Waals surface area (Å²) in [7, 11) is 0. The van der Waals surface area contributed by atoms with Crippen LogP contribution in [-0.2, 0) is 28.5 Å². The topological polar surface area (TPSA) is 97.9 Å². The van der Waals surface area contributed by atoms with Gasteiger partial charge in [0.25, 0.3) is 0 Å². The highest BCUT2D eigenvalue weighted by Crippen LogP contribution is 2.48. The van der Waals surface area contributed by atoms with E-state index in [4.69, 9.17) is 18.9 Å². The van der Waals surface area contributed by atoms with Crippen LogP contribution in [0.3, 0.4) is 0 Å². The van der Waals surface area contributed by atoms with Crippen LogP contribution in [0.25, 0.3) is 0 Å². The quantitative estimate of drug-likeness (QED) is 0.336. The predicted octanol–water partition coefficient (Wildman–Crippen LogP) is 1.43. The summed E-state index contributed by atoms with van der Waals surface area (Å²) >= 11 is 0. The number of epoxide rings is 2. The summed E-state index contributed by atoms with van der Waals surface area (Å²) < 4.78 is 22.5. The van der Waals surface area contributed by atoms with Crippen molar-refractivity contribution in [3.05, 3.63) is 23.8 Å². The van der Waals surface area contributed by atoms with Gasteiger partial charge in [-0.05, 0) is 39.3 Å². The van der Waals surface area contributed by atoms with Gasteiger partial charge in [0.2, 0.25) is 0 Å². The van der Waals surface area contributed by atoms with Gasteiger partial charge in [-0.1, -0.05) is 6.58 Å². The minimum atomic E-state index is -0.956. The lowest BCUT2D eigenvalue weighted by molar-refractivity contribution is -0.159. The summed E-state index contributed by atoms with van der Waals surface area (Å²) in [6.07, 6.45) is 0.284. The Kier molecular flexibility index (Phi) is 4.07. The fourth-order valence-corrected chi connectivity index (χ4v) is 4.15. The molecular weight excluding hydrogens is 352 g/mol. The van der Waals surface area contributed by atoms with Crippen molar-refractivity contribution >= 4 is 11.9 Å². The molecule has 7 heteroatoms. The number of aliphatic hydroxyl groups is 1. The molecular formula is C20H26O7. The van der Waals surface area contributed by atoms with Gasteiger partial charge in [-0.2, -0.15) is 0 Å². The molecule has 0 bridgehead atoms. The van der Waals surface area contributed by atoms with E-state index in [0.29, 0.717) is 18.4 Å². The lowest BCUT2D eigenvalue weighted by Gasteiger charge is -2.29. The Hall–Kier alpha value is -1.70. The third-order valence-electron chi connectivity index (χ3n) is 6.50. The SMILES string of the molecule is C=C1C(=O)O[C@@H]2/C=C(/C)[C@@H](O)C[C@H]3O[C@]3(C)C[C@@H](OC(=O)[C@]3(C)O[C@@H]3C)[C@@H]12. The first-order valence-electron chi connectivity index (χ1n) is 9.38. The molecule has 0 amide bonds. The van der Waals surface area contributed by atoms with E-state index in [0.717, 1.165) is 0 Å². The van der Waals surface area contributed by atoms with Crippen LogP contribution in [0.1, 0.15) is 40.5 Å². The van der Waals surface area contributed by atoms with E-state index in [1.165, 1.54) is 0 Å². The molecule has 4 aliphatic rings.